The first-order valence-electron chi connectivity index (χ1n) is 5.93. The molecule has 20 heavy (non-hydrogen) atoms. The fourth-order valence-electron chi connectivity index (χ4n) is 1.82. The first-order chi connectivity index (χ1) is 9.52. The lowest BCUT2D eigenvalue weighted by Gasteiger charge is -2.19. The van der Waals surface area contributed by atoms with E-state index < -0.39 is 0 Å². The van der Waals surface area contributed by atoms with Gasteiger partial charge in [-0.2, -0.15) is 0 Å². The van der Waals surface area contributed by atoms with Crippen LogP contribution in [0.15, 0.2) is 42.5 Å². The Kier molecular flexibility index (Phi) is 4.15. The van der Waals surface area contributed by atoms with E-state index in [1.54, 1.807) is 37.4 Å². The van der Waals surface area contributed by atoms with Crippen LogP contribution >= 0.6 is 11.6 Å². The molecule has 5 heteroatoms. The van der Waals surface area contributed by atoms with Gasteiger partial charge in [0.05, 0.1) is 12.7 Å². The van der Waals surface area contributed by atoms with E-state index in [2.05, 4.69) is 0 Å². The molecule has 2 rings (SSSR count). The molecule has 0 aromatic heterocycles. The van der Waals surface area contributed by atoms with Crippen molar-refractivity contribution in [1.82, 2.24) is 0 Å². The van der Waals surface area contributed by atoms with Crippen molar-refractivity contribution in [3.05, 3.63) is 53.1 Å². The number of nitrogens with zero attached hydrogens (tertiary/aromatic N) is 1. The van der Waals surface area contributed by atoms with Crippen molar-refractivity contribution in [2.24, 2.45) is 0 Å². The predicted molar refractivity (Wildman–Crippen MR) is 78.8 cm³/mol. The van der Waals surface area contributed by atoms with Crippen molar-refractivity contribution in [2.75, 3.05) is 19.1 Å². The lowest BCUT2D eigenvalue weighted by Crippen LogP contribution is -2.26. The fraction of sp³-hybridized carbons (Fsp3) is 0.133. The smallest absolute Gasteiger partial charge is 0.261 e. The van der Waals surface area contributed by atoms with Crippen molar-refractivity contribution < 1.29 is 14.6 Å². The Morgan fingerprint density at radius 3 is 2.45 bits per heavy atom. The van der Waals surface area contributed by atoms with Crippen molar-refractivity contribution in [3.63, 3.8) is 0 Å². The number of methoxy groups -OCH3 is 1. The molecule has 1 amide bonds. The molecule has 0 aliphatic heterocycles. The van der Waals surface area contributed by atoms with E-state index in [-0.39, 0.29) is 11.7 Å². The van der Waals surface area contributed by atoms with E-state index in [0.29, 0.717) is 22.0 Å². The minimum atomic E-state index is -0.241. The molecule has 0 atom stereocenters. The molecule has 0 radical (unpaired) electrons. The fourth-order valence-corrected chi connectivity index (χ4v) is 1.99. The number of carbonyl (C=O) groups excluding carboxylic acids is 1. The number of aromatic hydroxyl groups is 1. The van der Waals surface area contributed by atoms with Crippen LogP contribution in [-0.2, 0) is 0 Å². The molecule has 0 aliphatic rings. The first kappa shape index (κ1) is 14.2. The number of phenolic OH excluding ortho intramolecular Hbond substituents is 1. The molecule has 0 fully saturated rings. The largest absolute Gasteiger partial charge is 0.508 e. The predicted octanol–water partition coefficient (Wildman–Crippen LogP) is 3.33. The minimum absolute atomic E-state index is 0.148. The molecular formula is C15H14ClNO3. The Morgan fingerprint density at radius 1 is 1.20 bits per heavy atom. The Morgan fingerprint density at radius 2 is 1.85 bits per heavy atom. The minimum Gasteiger partial charge on any atom is -0.508 e. The van der Waals surface area contributed by atoms with Crippen LogP contribution in [0.3, 0.4) is 0 Å². The van der Waals surface area contributed by atoms with Crippen LogP contribution in [0.1, 0.15) is 10.4 Å². The third kappa shape index (κ3) is 2.86. The number of rotatable bonds is 3. The molecule has 0 spiro atoms. The number of anilines is 1. The molecule has 2 aromatic carbocycles. The maximum absolute atomic E-state index is 12.5. The quantitative estimate of drug-likeness (QED) is 0.943. The van der Waals surface area contributed by atoms with Crippen LogP contribution in [0.5, 0.6) is 11.5 Å². The highest BCUT2D eigenvalue weighted by molar-refractivity contribution is 6.31. The summed E-state index contributed by atoms with van der Waals surface area (Å²) in [7, 11) is 3.15. The molecule has 0 unspecified atom stereocenters. The lowest BCUT2D eigenvalue weighted by atomic mass is 10.1. The average Bonchev–Trinajstić information content (AvgIpc) is 2.46. The SMILES string of the molecule is COc1ccc(Cl)cc1C(=O)N(C)c1ccc(O)cc1. The van der Waals surface area contributed by atoms with Gasteiger partial charge in [-0.25, -0.2) is 0 Å². The third-order valence-corrected chi connectivity index (χ3v) is 3.17. The van der Waals surface area contributed by atoms with Gasteiger partial charge in [0.25, 0.3) is 5.91 Å². The van der Waals surface area contributed by atoms with Crippen LogP contribution in [0, 0.1) is 0 Å². The van der Waals surface area contributed by atoms with E-state index in [9.17, 15) is 9.90 Å². The third-order valence-electron chi connectivity index (χ3n) is 2.93. The zero-order valence-electron chi connectivity index (χ0n) is 11.1. The summed E-state index contributed by atoms with van der Waals surface area (Å²) in [4.78, 5) is 14.0. The van der Waals surface area contributed by atoms with E-state index >= 15 is 0 Å². The number of benzene rings is 2. The summed E-state index contributed by atoms with van der Waals surface area (Å²) < 4.78 is 5.18. The van der Waals surface area contributed by atoms with E-state index in [1.165, 1.54) is 24.1 Å². The van der Waals surface area contributed by atoms with Gasteiger partial charge in [0.1, 0.15) is 11.5 Å². The summed E-state index contributed by atoms with van der Waals surface area (Å²) in [5.74, 6) is 0.370. The molecule has 104 valence electrons. The maximum Gasteiger partial charge on any atom is 0.261 e. The van der Waals surface area contributed by atoms with Gasteiger partial charge in [-0.05, 0) is 42.5 Å². The van der Waals surface area contributed by atoms with Gasteiger partial charge >= 0.3 is 0 Å². The van der Waals surface area contributed by atoms with Gasteiger partial charge < -0.3 is 14.7 Å². The summed E-state index contributed by atoms with van der Waals surface area (Å²) in [5.41, 5.74) is 1.05. The molecule has 0 saturated heterocycles. The van der Waals surface area contributed by atoms with Crippen molar-refractivity contribution >= 4 is 23.2 Å². The second-order valence-electron chi connectivity index (χ2n) is 4.23. The molecule has 0 bridgehead atoms. The normalized spacial score (nSPS) is 10.2. The molecule has 0 saturated carbocycles. The number of hydrogen-bond acceptors (Lipinski definition) is 3. The van der Waals surface area contributed by atoms with Gasteiger partial charge in [-0.3, -0.25) is 4.79 Å². The number of hydrogen-bond donors (Lipinski definition) is 1. The van der Waals surface area contributed by atoms with E-state index in [1.807, 2.05) is 0 Å². The van der Waals surface area contributed by atoms with Crippen LogP contribution in [0.25, 0.3) is 0 Å². The lowest BCUT2D eigenvalue weighted by molar-refractivity contribution is 0.0990. The Bertz CT molecular complexity index is 626. The molecule has 1 N–H and O–H groups in total. The molecule has 0 heterocycles. The average molecular weight is 292 g/mol. The van der Waals surface area contributed by atoms with Gasteiger partial charge in [0, 0.05) is 17.8 Å². The Balaban J connectivity index is 2.35. The molecule has 2 aromatic rings. The molecular weight excluding hydrogens is 278 g/mol. The summed E-state index contributed by atoms with van der Waals surface area (Å²) in [6.45, 7) is 0. The second kappa shape index (κ2) is 5.84. The number of carbonyl (C=O) groups is 1. The summed E-state index contributed by atoms with van der Waals surface area (Å²) in [6, 6.07) is 11.2. The van der Waals surface area contributed by atoms with Crippen molar-refractivity contribution in [3.8, 4) is 11.5 Å². The van der Waals surface area contributed by atoms with E-state index in [4.69, 9.17) is 16.3 Å². The number of halogens is 1. The Hall–Kier alpha value is -2.20. The van der Waals surface area contributed by atoms with Crippen LogP contribution in [0.4, 0.5) is 5.69 Å². The standard InChI is InChI=1S/C15H14ClNO3/c1-17(11-4-6-12(18)7-5-11)15(19)13-9-10(16)3-8-14(13)20-2/h3-9,18H,1-2H3. The van der Waals surface area contributed by atoms with Crippen LogP contribution in [0.2, 0.25) is 5.02 Å². The molecule has 4 nitrogen and oxygen atoms in total. The number of ether oxygens (including phenoxy) is 1. The zero-order chi connectivity index (χ0) is 14.7. The monoisotopic (exact) mass is 291 g/mol. The van der Waals surface area contributed by atoms with Crippen molar-refractivity contribution in [1.29, 1.82) is 0 Å². The van der Waals surface area contributed by atoms with Gasteiger partial charge in [-0.15, -0.1) is 0 Å². The van der Waals surface area contributed by atoms with E-state index in [0.717, 1.165) is 0 Å². The topological polar surface area (TPSA) is 49.8 Å². The van der Waals surface area contributed by atoms with Crippen molar-refractivity contribution in [2.45, 2.75) is 0 Å². The zero-order valence-corrected chi connectivity index (χ0v) is 11.9. The highest BCUT2D eigenvalue weighted by atomic mass is 35.5. The van der Waals surface area contributed by atoms with Crippen LogP contribution in [-0.4, -0.2) is 25.2 Å². The van der Waals surface area contributed by atoms with Gasteiger partial charge in [0.15, 0.2) is 0 Å². The summed E-state index contributed by atoms with van der Waals surface area (Å²) in [6.07, 6.45) is 0. The van der Waals surface area contributed by atoms with Crippen LogP contribution < -0.4 is 9.64 Å². The van der Waals surface area contributed by atoms with Gasteiger partial charge in [-0.1, -0.05) is 11.6 Å². The number of phenols is 1. The molecule has 0 aliphatic carbocycles. The second-order valence-corrected chi connectivity index (χ2v) is 4.66. The summed E-state index contributed by atoms with van der Waals surface area (Å²) in [5, 5.41) is 9.74. The Labute approximate surface area is 122 Å². The van der Waals surface area contributed by atoms with Gasteiger partial charge in [0.2, 0.25) is 0 Å². The highest BCUT2D eigenvalue weighted by Gasteiger charge is 2.18. The summed E-state index contributed by atoms with van der Waals surface area (Å²) >= 11 is 5.93. The first-order valence-corrected chi connectivity index (χ1v) is 6.31. The maximum atomic E-state index is 12.5. The highest BCUT2D eigenvalue weighted by Crippen LogP contribution is 2.26. The number of amides is 1.